The first kappa shape index (κ1) is 14.9. The third-order valence-electron chi connectivity index (χ3n) is 4.08. The smallest absolute Gasteiger partial charge is 0.254 e. The first-order chi connectivity index (χ1) is 9.67. The van der Waals surface area contributed by atoms with Crippen LogP contribution >= 0.6 is 0 Å². The standard InChI is InChI=1S/C16H24N2O2/c1-12-11-13(17-2)7-8-15(12)16(20)18(9-4-10-19)14-5-3-6-14/h7-8,11,14,17,19H,3-6,9-10H2,1-2H3. The van der Waals surface area contributed by atoms with Crippen molar-refractivity contribution in [3.8, 4) is 0 Å². The lowest BCUT2D eigenvalue weighted by molar-refractivity contribution is 0.0562. The molecule has 20 heavy (non-hydrogen) atoms. The fourth-order valence-electron chi connectivity index (χ4n) is 2.60. The van der Waals surface area contributed by atoms with Crippen LogP contribution in [0.25, 0.3) is 0 Å². The van der Waals surface area contributed by atoms with Crippen LogP contribution in [-0.2, 0) is 0 Å². The molecule has 1 fully saturated rings. The molecular formula is C16H24N2O2. The summed E-state index contributed by atoms with van der Waals surface area (Å²) in [6, 6.07) is 6.19. The summed E-state index contributed by atoms with van der Waals surface area (Å²) in [6.45, 7) is 2.75. The number of amides is 1. The Morgan fingerprint density at radius 3 is 2.70 bits per heavy atom. The minimum atomic E-state index is 0.100. The fraction of sp³-hybridized carbons (Fsp3) is 0.562. The normalized spacial score (nSPS) is 14.8. The highest BCUT2D eigenvalue weighted by molar-refractivity contribution is 5.96. The van der Waals surface area contributed by atoms with Gasteiger partial charge in [0.05, 0.1) is 0 Å². The number of aryl methyl sites for hydroxylation is 1. The molecule has 1 aromatic rings. The average molecular weight is 276 g/mol. The van der Waals surface area contributed by atoms with Crippen LogP contribution in [-0.4, -0.2) is 42.2 Å². The predicted molar refractivity (Wildman–Crippen MR) is 81.1 cm³/mol. The van der Waals surface area contributed by atoms with E-state index in [0.717, 1.165) is 29.7 Å². The van der Waals surface area contributed by atoms with E-state index in [0.29, 0.717) is 19.0 Å². The summed E-state index contributed by atoms with van der Waals surface area (Å²) in [5.41, 5.74) is 2.79. The Hall–Kier alpha value is -1.55. The number of benzene rings is 1. The SMILES string of the molecule is CNc1ccc(C(=O)N(CCCO)C2CCC2)c(C)c1. The van der Waals surface area contributed by atoms with Crippen molar-refractivity contribution in [3.05, 3.63) is 29.3 Å². The van der Waals surface area contributed by atoms with Gasteiger partial charge in [-0.15, -0.1) is 0 Å². The minimum Gasteiger partial charge on any atom is -0.396 e. The molecule has 1 amide bonds. The second kappa shape index (κ2) is 6.75. The first-order valence-corrected chi connectivity index (χ1v) is 7.37. The number of nitrogens with zero attached hydrogens (tertiary/aromatic N) is 1. The number of aliphatic hydroxyl groups is 1. The van der Waals surface area contributed by atoms with Gasteiger partial charge in [-0.3, -0.25) is 4.79 Å². The Morgan fingerprint density at radius 2 is 2.20 bits per heavy atom. The topological polar surface area (TPSA) is 52.6 Å². The highest BCUT2D eigenvalue weighted by Gasteiger charge is 2.29. The van der Waals surface area contributed by atoms with Crippen LogP contribution < -0.4 is 5.32 Å². The molecule has 0 atom stereocenters. The van der Waals surface area contributed by atoms with Gasteiger partial charge in [0, 0.05) is 37.5 Å². The number of carbonyl (C=O) groups is 1. The Kier molecular flexibility index (Phi) is 5.01. The maximum atomic E-state index is 12.7. The van der Waals surface area contributed by atoms with Crippen LogP contribution in [0.5, 0.6) is 0 Å². The van der Waals surface area contributed by atoms with Gasteiger partial charge in [-0.1, -0.05) is 0 Å². The zero-order valence-corrected chi connectivity index (χ0v) is 12.4. The number of anilines is 1. The van der Waals surface area contributed by atoms with E-state index in [1.165, 1.54) is 6.42 Å². The number of nitrogens with one attached hydrogen (secondary N) is 1. The Bertz CT molecular complexity index is 470. The molecule has 0 saturated heterocycles. The van der Waals surface area contributed by atoms with Crippen molar-refractivity contribution < 1.29 is 9.90 Å². The van der Waals surface area contributed by atoms with Crippen molar-refractivity contribution in [1.29, 1.82) is 0 Å². The van der Waals surface area contributed by atoms with Crippen LogP contribution in [0.2, 0.25) is 0 Å². The van der Waals surface area contributed by atoms with Crippen molar-refractivity contribution in [2.24, 2.45) is 0 Å². The highest BCUT2D eigenvalue weighted by Crippen LogP contribution is 2.27. The molecule has 0 aliphatic heterocycles. The van der Waals surface area contributed by atoms with E-state index in [4.69, 9.17) is 5.11 Å². The maximum absolute atomic E-state index is 12.7. The summed E-state index contributed by atoms with van der Waals surface area (Å²) in [4.78, 5) is 14.7. The largest absolute Gasteiger partial charge is 0.396 e. The molecule has 4 heteroatoms. The molecular weight excluding hydrogens is 252 g/mol. The molecule has 2 rings (SSSR count). The van der Waals surface area contributed by atoms with Crippen molar-refractivity contribution in [2.75, 3.05) is 25.5 Å². The lowest BCUT2D eigenvalue weighted by Crippen LogP contribution is -2.45. The molecule has 0 aromatic heterocycles. The van der Waals surface area contributed by atoms with Gasteiger partial charge < -0.3 is 15.3 Å². The van der Waals surface area contributed by atoms with Gasteiger partial charge in [-0.2, -0.15) is 0 Å². The van der Waals surface area contributed by atoms with Gasteiger partial charge in [0.1, 0.15) is 0 Å². The van der Waals surface area contributed by atoms with Gasteiger partial charge in [-0.25, -0.2) is 0 Å². The molecule has 1 aromatic carbocycles. The van der Waals surface area contributed by atoms with Gasteiger partial charge in [-0.05, 0) is 56.4 Å². The summed E-state index contributed by atoms with van der Waals surface area (Å²) in [7, 11) is 1.87. The quantitative estimate of drug-likeness (QED) is 0.839. The molecule has 4 nitrogen and oxygen atoms in total. The highest BCUT2D eigenvalue weighted by atomic mass is 16.3. The van der Waals surface area contributed by atoms with Gasteiger partial charge in [0.2, 0.25) is 0 Å². The molecule has 0 heterocycles. The van der Waals surface area contributed by atoms with E-state index in [2.05, 4.69) is 5.32 Å². The van der Waals surface area contributed by atoms with Crippen LogP contribution in [0.4, 0.5) is 5.69 Å². The van der Waals surface area contributed by atoms with Crippen LogP contribution in [0.1, 0.15) is 41.6 Å². The van der Waals surface area contributed by atoms with E-state index < -0.39 is 0 Å². The lowest BCUT2D eigenvalue weighted by Gasteiger charge is -2.38. The molecule has 1 aliphatic rings. The Morgan fingerprint density at radius 1 is 1.45 bits per heavy atom. The van der Waals surface area contributed by atoms with Crippen LogP contribution in [0.3, 0.4) is 0 Å². The number of rotatable bonds is 6. The van der Waals surface area contributed by atoms with Crippen molar-refractivity contribution in [3.63, 3.8) is 0 Å². The van der Waals surface area contributed by atoms with Crippen molar-refractivity contribution >= 4 is 11.6 Å². The third-order valence-corrected chi connectivity index (χ3v) is 4.08. The van der Waals surface area contributed by atoms with E-state index in [-0.39, 0.29) is 12.5 Å². The van der Waals surface area contributed by atoms with Gasteiger partial charge >= 0.3 is 0 Å². The summed E-state index contributed by atoms with van der Waals surface area (Å²) in [5, 5.41) is 12.1. The maximum Gasteiger partial charge on any atom is 0.254 e. The van der Waals surface area contributed by atoms with E-state index in [9.17, 15) is 4.79 Å². The number of carbonyl (C=O) groups excluding carboxylic acids is 1. The third kappa shape index (κ3) is 3.12. The van der Waals surface area contributed by atoms with Crippen LogP contribution in [0.15, 0.2) is 18.2 Å². The first-order valence-electron chi connectivity index (χ1n) is 7.37. The van der Waals surface area contributed by atoms with Crippen LogP contribution in [0, 0.1) is 6.92 Å². The van der Waals surface area contributed by atoms with Crippen molar-refractivity contribution in [1.82, 2.24) is 4.90 Å². The molecule has 0 spiro atoms. The molecule has 2 N–H and O–H groups in total. The molecule has 0 bridgehead atoms. The summed E-state index contributed by atoms with van der Waals surface area (Å²) >= 11 is 0. The number of hydrogen-bond acceptors (Lipinski definition) is 3. The van der Waals surface area contributed by atoms with Crippen molar-refractivity contribution in [2.45, 2.75) is 38.6 Å². The van der Waals surface area contributed by atoms with Gasteiger partial charge in [0.25, 0.3) is 5.91 Å². The molecule has 110 valence electrons. The monoisotopic (exact) mass is 276 g/mol. The lowest BCUT2D eigenvalue weighted by atomic mass is 9.90. The second-order valence-electron chi connectivity index (χ2n) is 5.44. The number of hydrogen-bond donors (Lipinski definition) is 2. The predicted octanol–water partition coefficient (Wildman–Crippen LogP) is 2.41. The summed E-state index contributed by atoms with van der Waals surface area (Å²) < 4.78 is 0. The molecule has 1 saturated carbocycles. The van der Waals surface area contributed by atoms with E-state index >= 15 is 0 Å². The molecule has 0 radical (unpaired) electrons. The molecule has 1 aliphatic carbocycles. The average Bonchev–Trinajstić information content (AvgIpc) is 2.40. The van der Waals surface area contributed by atoms with E-state index in [1.54, 1.807) is 0 Å². The number of aliphatic hydroxyl groups excluding tert-OH is 1. The Balaban J connectivity index is 2.17. The second-order valence-corrected chi connectivity index (χ2v) is 5.44. The summed E-state index contributed by atoms with van der Waals surface area (Å²) in [6.07, 6.45) is 4.02. The fourth-order valence-corrected chi connectivity index (χ4v) is 2.60. The molecule has 0 unspecified atom stereocenters. The van der Waals surface area contributed by atoms with E-state index in [1.807, 2.05) is 37.1 Å². The Labute approximate surface area is 120 Å². The zero-order chi connectivity index (χ0) is 14.5. The van der Waals surface area contributed by atoms with Gasteiger partial charge in [0.15, 0.2) is 0 Å². The zero-order valence-electron chi connectivity index (χ0n) is 12.4. The summed E-state index contributed by atoms with van der Waals surface area (Å²) in [5.74, 6) is 0.100. The minimum absolute atomic E-state index is 0.100.